The van der Waals surface area contributed by atoms with Gasteiger partial charge in [0.25, 0.3) is 0 Å². The number of ether oxygens (including phenoxy) is 4. The molecule has 106 valence electrons. The maximum absolute atomic E-state index is 11.4. The van der Waals surface area contributed by atoms with Crippen molar-refractivity contribution in [2.75, 3.05) is 34.5 Å². The summed E-state index contributed by atoms with van der Waals surface area (Å²) in [6, 6.07) is 0. The number of nitrogens with two attached hydrogens (primary N) is 1. The highest BCUT2D eigenvalue weighted by Crippen LogP contribution is 2.26. The topological polar surface area (TPSA) is 80.0 Å². The second kappa shape index (κ2) is 7.81. The van der Waals surface area contributed by atoms with E-state index in [1.165, 1.54) is 0 Å². The zero-order chi connectivity index (χ0) is 13.5. The van der Waals surface area contributed by atoms with Crippen molar-refractivity contribution in [3.63, 3.8) is 0 Å². The van der Waals surface area contributed by atoms with Crippen molar-refractivity contribution in [3.05, 3.63) is 0 Å². The molecule has 0 spiro atoms. The second-order valence-corrected chi connectivity index (χ2v) is 4.41. The highest BCUT2D eigenvalue weighted by molar-refractivity contribution is 5.80. The van der Waals surface area contributed by atoms with E-state index in [4.69, 9.17) is 24.7 Å². The molecule has 1 saturated heterocycles. The van der Waals surface area contributed by atoms with Gasteiger partial charge >= 0.3 is 0 Å². The maximum atomic E-state index is 11.4. The summed E-state index contributed by atoms with van der Waals surface area (Å²) in [6.45, 7) is 0.450. The molecule has 0 aromatic rings. The summed E-state index contributed by atoms with van der Waals surface area (Å²) >= 11 is 0. The monoisotopic (exact) mass is 261 g/mol. The molecule has 0 aromatic heterocycles. The third-order valence-electron chi connectivity index (χ3n) is 3.18. The molecule has 0 aromatic carbocycles. The lowest BCUT2D eigenvalue weighted by atomic mass is 9.95. The van der Waals surface area contributed by atoms with Crippen LogP contribution in [-0.4, -0.2) is 64.7 Å². The van der Waals surface area contributed by atoms with E-state index in [0.29, 0.717) is 19.4 Å². The quantitative estimate of drug-likeness (QED) is 0.680. The second-order valence-electron chi connectivity index (χ2n) is 4.41. The van der Waals surface area contributed by atoms with Crippen molar-refractivity contribution in [1.29, 1.82) is 0 Å². The highest BCUT2D eigenvalue weighted by Gasteiger charge is 2.39. The zero-order valence-corrected chi connectivity index (χ0v) is 11.3. The van der Waals surface area contributed by atoms with Crippen molar-refractivity contribution in [1.82, 2.24) is 0 Å². The summed E-state index contributed by atoms with van der Waals surface area (Å²) in [5.74, 6) is -0.0121. The number of Topliss-reactive ketones (excluding diaryl/α,β-unsaturated/α-hetero) is 1. The Hall–Kier alpha value is -0.530. The molecule has 4 unspecified atom stereocenters. The predicted octanol–water partition coefficient (Wildman–Crippen LogP) is -0.262. The minimum Gasteiger partial charge on any atom is -0.382 e. The summed E-state index contributed by atoms with van der Waals surface area (Å²) in [5, 5.41) is 0. The Morgan fingerprint density at radius 2 is 2.06 bits per heavy atom. The molecule has 18 heavy (non-hydrogen) atoms. The van der Waals surface area contributed by atoms with Gasteiger partial charge in [-0.1, -0.05) is 0 Å². The van der Waals surface area contributed by atoms with Gasteiger partial charge in [-0.2, -0.15) is 0 Å². The molecule has 0 saturated carbocycles. The number of carbonyl (C=O) groups is 1. The molecule has 6 nitrogen and oxygen atoms in total. The lowest BCUT2D eigenvalue weighted by Gasteiger charge is -2.40. The van der Waals surface area contributed by atoms with E-state index in [1.54, 1.807) is 21.3 Å². The third kappa shape index (κ3) is 4.00. The summed E-state index contributed by atoms with van der Waals surface area (Å²) in [4.78, 5) is 11.4. The van der Waals surface area contributed by atoms with Crippen LogP contribution < -0.4 is 5.73 Å². The summed E-state index contributed by atoms with van der Waals surface area (Å²) in [6.07, 6.45) is 0.249. The molecule has 6 heteroatoms. The van der Waals surface area contributed by atoms with Crippen molar-refractivity contribution in [3.8, 4) is 0 Å². The van der Waals surface area contributed by atoms with E-state index in [0.717, 1.165) is 0 Å². The maximum Gasteiger partial charge on any atom is 0.148 e. The van der Waals surface area contributed by atoms with Gasteiger partial charge in [-0.15, -0.1) is 0 Å². The van der Waals surface area contributed by atoms with Crippen LogP contribution in [0.25, 0.3) is 0 Å². The Labute approximate surface area is 108 Å². The minimum absolute atomic E-state index is 0.0121. The lowest BCUT2D eigenvalue weighted by molar-refractivity contribution is -0.199. The van der Waals surface area contributed by atoms with Crippen LogP contribution in [0.2, 0.25) is 0 Å². The molecular formula is C12H23NO5. The molecule has 1 heterocycles. The highest BCUT2D eigenvalue weighted by atomic mass is 16.6. The van der Waals surface area contributed by atoms with Crippen molar-refractivity contribution in [2.45, 2.75) is 37.3 Å². The van der Waals surface area contributed by atoms with Gasteiger partial charge in [-0.05, 0) is 0 Å². The number of carbonyl (C=O) groups excluding carboxylic acids is 1. The lowest BCUT2D eigenvalue weighted by Crippen LogP contribution is -2.52. The average Bonchev–Trinajstić information content (AvgIpc) is 2.38. The molecule has 1 aliphatic heterocycles. The molecule has 1 aliphatic rings. The van der Waals surface area contributed by atoms with Gasteiger partial charge in [0.05, 0.1) is 25.4 Å². The van der Waals surface area contributed by atoms with Gasteiger partial charge in [-0.25, -0.2) is 0 Å². The standard InChI is InChI=1S/C12H23NO5/c1-15-7-11-12(17-3)10(16-2)5-9(18-11)4-8(14)6-13/h9-12H,4-7,13H2,1-3H3. The number of methoxy groups -OCH3 is 3. The first-order valence-electron chi connectivity index (χ1n) is 6.08. The Morgan fingerprint density at radius 3 is 2.56 bits per heavy atom. The number of ketones is 1. The van der Waals surface area contributed by atoms with Crippen LogP contribution in [0.5, 0.6) is 0 Å². The van der Waals surface area contributed by atoms with Crippen LogP contribution in [0.4, 0.5) is 0 Å². The van der Waals surface area contributed by atoms with Crippen LogP contribution in [0, 0.1) is 0 Å². The van der Waals surface area contributed by atoms with Crippen molar-refractivity contribution in [2.24, 2.45) is 5.73 Å². The van der Waals surface area contributed by atoms with Crippen LogP contribution in [0.1, 0.15) is 12.8 Å². The Kier molecular flexibility index (Phi) is 6.73. The van der Waals surface area contributed by atoms with Crippen molar-refractivity contribution < 1.29 is 23.7 Å². The van der Waals surface area contributed by atoms with Gasteiger partial charge in [0.2, 0.25) is 0 Å². The zero-order valence-electron chi connectivity index (χ0n) is 11.3. The van der Waals surface area contributed by atoms with Gasteiger partial charge in [0, 0.05) is 34.2 Å². The normalized spacial score (nSPS) is 32.4. The fourth-order valence-corrected chi connectivity index (χ4v) is 2.31. The van der Waals surface area contributed by atoms with Crippen LogP contribution in [0.3, 0.4) is 0 Å². The predicted molar refractivity (Wildman–Crippen MR) is 65.4 cm³/mol. The first-order chi connectivity index (χ1) is 8.65. The number of hydrogen-bond donors (Lipinski definition) is 1. The largest absolute Gasteiger partial charge is 0.382 e. The van der Waals surface area contributed by atoms with Gasteiger partial charge in [0.1, 0.15) is 18.0 Å². The number of hydrogen-bond acceptors (Lipinski definition) is 6. The first kappa shape index (κ1) is 15.5. The summed E-state index contributed by atoms with van der Waals surface area (Å²) in [7, 11) is 4.86. The van der Waals surface area contributed by atoms with Gasteiger partial charge < -0.3 is 24.7 Å². The number of rotatable bonds is 7. The van der Waals surface area contributed by atoms with Gasteiger partial charge in [0.15, 0.2) is 0 Å². The van der Waals surface area contributed by atoms with Crippen molar-refractivity contribution >= 4 is 5.78 Å². The van der Waals surface area contributed by atoms with E-state index >= 15 is 0 Å². The molecule has 1 fully saturated rings. The molecule has 0 radical (unpaired) electrons. The SMILES string of the molecule is COCC1OC(CC(=O)CN)CC(OC)C1OC. The molecule has 4 atom stereocenters. The van der Waals surface area contributed by atoms with Gasteiger partial charge in [-0.3, -0.25) is 4.79 Å². The fourth-order valence-electron chi connectivity index (χ4n) is 2.31. The fraction of sp³-hybridized carbons (Fsp3) is 0.917. The molecule has 0 bridgehead atoms. The molecule has 1 rings (SSSR count). The van der Waals surface area contributed by atoms with E-state index in [2.05, 4.69) is 0 Å². The third-order valence-corrected chi connectivity index (χ3v) is 3.18. The van der Waals surface area contributed by atoms with E-state index in [9.17, 15) is 4.79 Å². The van der Waals surface area contributed by atoms with E-state index in [1.807, 2.05) is 0 Å². The average molecular weight is 261 g/mol. The Balaban J connectivity index is 2.66. The smallest absolute Gasteiger partial charge is 0.148 e. The first-order valence-corrected chi connectivity index (χ1v) is 6.08. The molecule has 0 aliphatic carbocycles. The summed E-state index contributed by atoms with van der Waals surface area (Å²) < 4.78 is 21.8. The van der Waals surface area contributed by atoms with Crippen LogP contribution >= 0.6 is 0 Å². The van der Waals surface area contributed by atoms with Crippen LogP contribution in [0.15, 0.2) is 0 Å². The van der Waals surface area contributed by atoms with E-state index in [-0.39, 0.29) is 36.7 Å². The molecular weight excluding hydrogens is 238 g/mol. The molecule has 2 N–H and O–H groups in total. The summed E-state index contributed by atoms with van der Waals surface area (Å²) in [5.41, 5.74) is 5.32. The Bertz CT molecular complexity index is 261. The van der Waals surface area contributed by atoms with Crippen LogP contribution in [-0.2, 0) is 23.7 Å². The Morgan fingerprint density at radius 1 is 1.33 bits per heavy atom. The van der Waals surface area contributed by atoms with E-state index < -0.39 is 0 Å². The molecule has 0 amide bonds. The minimum atomic E-state index is -0.228.